The van der Waals surface area contributed by atoms with Crippen LogP contribution in [0, 0.1) is 23.2 Å². The fourth-order valence-corrected chi connectivity index (χ4v) is 6.92. The zero-order valence-electron chi connectivity index (χ0n) is 27.8. The summed E-state index contributed by atoms with van der Waals surface area (Å²) in [5.41, 5.74) is 4.36. The monoisotopic (exact) mass is 681 g/mol. The van der Waals surface area contributed by atoms with Crippen molar-refractivity contribution in [3.63, 3.8) is 0 Å². The van der Waals surface area contributed by atoms with Crippen LogP contribution in [-0.4, -0.2) is 86.5 Å². The van der Waals surface area contributed by atoms with Crippen molar-refractivity contribution in [3.05, 3.63) is 24.2 Å². The van der Waals surface area contributed by atoms with E-state index in [1.54, 1.807) is 12.1 Å². The first kappa shape index (κ1) is 38.3. The molecule has 3 heterocycles. The molecule has 0 aliphatic carbocycles. The van der Waals surface area contributed by atoms with Gasteiger partial charge in [-0.05, 0) is 37.8 Å². The number of carbonyl (C=O) groups is 2. The lowest BCUT2D eigenvalue weighted by molar-refractivity contribution is -0.147. The number of aliphatic hydroxyl groups is 2. The van der Waals surface area contributed by atoms with Crippen molar-refractivity contribution in [2.75, 3.05) is 25.6 Å². The third kappa shape index (κ3) is 9.05. The maximum atomic E-state index is 14.3. The van der Waals surface area contributed by atoms with Gasteiger partial charge in [0.15, 0.2) is 5.82 Å². The summed E-state index contributed by atoms with van der Waals surface area (Å²) in [7, 11) is -4.41. The third-order valence-electron chi connectivity index (χ3n) is 8.57. The number of aromatic nitrogens is 3. The van der Waals surface area contributed by atoms with Crippen LogP contribution in [0.1, 0.15) is 79.0 Å². The number of nitrogen functional groups attached to an aromatic ring is 1. The van der Waals surface area contributed by atoms with Crippen molar-refractivity contribution in [2.45, 2.75) is 103 Å². The molecule has 1 aliphatic rings. The van der Waals surface area contributed by atoms with Gasteiger partial charge in [-0.2, -0.15) is 10.4 Å². The molecule has 3 rings (SSSR count). The highest BCUT2D eigenvalue weighted by Crippen LogP contribution is 2.45. The Morgan fingerprint density at radius 1 is 1.06 bits per heavy atom. The third-order valence-corrected chi connectivity index (χ3v) is 10.5. The van der Waals surface area contributed by atoms with Gasteiger partial charge in [0.1, 0.15) is 54.9 Å². The van der Waals surface area contributed by atoms with E-state index in [9.17, 15) is 29.6 Å². The van der Waals surface area contributed by atoms with Gasteiger partial charge >= 0.3 is 19.6 Å². The minimum Gasteiger partial charge on any atom is -0.464 e. The van der Waals surface area contributed by atoms with E-state index in [2.05, 4.69) is 20.3 Å². The number of nitrogens with two attached hydrogens (primary N) is 1. The number of nitriles is 1. The molecule has 2 aromatic heterocycles. The number of ether oxygens (including phenoxy) is 3. The Balaban J connectivity index is 1.83. The quantitative estimate of drug-likeness (QED) is 0.112. The van der Waals surface area contributed by atoms with Crippen molar-refractivity contribution in [1.29, 1.82) is 5.26 Å². The Morgan fingerprint density at radius 3 is 2.09 bits per heavy atom. The smallest absolute Gasteiger partial charge is 0.342 e. The van der Waals surface area contributed by atoms with Gasteiger partial charge in [0.05, 0.1) is 18.9 Å². The van der Waals surface area contributed by atoms with Crippen LogP contribution in [-0.2, 0) is 32.9 Å². The molecule has 16 nitrogen and oxygen atoms in total. The topological polar surface area (TPSA) is 233 Å². The number of nitrogens with one attached hydrogen (secondary N) is 2. The molecule has 1 fully saturated rings. The van der Waals surface area contributed by atoms with E-state index in [4.69, 9.17) is 24.5 Å². The number of hydrogen-bond acceptors (Lipinski definition) is 13. The van der Waals surface area contributed by atoms with E-state index >= 15 is 0 Å². The summed E-state index contributed by atoms with van der Waals surface area (Å²) in [6, 6.07) is 2.61. The molecule has 0 bridgehead atoms. The molecule has 6 N–H and O–H groups in total. The second-order valence-electron chi connectivity index (χ2n) is 11.8. The van der Waals surface area contributed by atoms with Gasteiger partial charge in [-0.3, -0.25) is 14.2 Å². The number of esters is 2. The van der Waals surface area contributed by atoms with Crippen LogP contribution in [0.4, 0.5) is 5.82 Å². The molecule has 1 saturated heterocycles. The van der Waals surface area contributed by atoms with Gasteiger partial charge in [-0.25, -0.2) is 19.7 Å². The average molecular weight is 682 g/mol. The summed E-state index contributed by atoms with van der Waals surface area (Å²) in [6.45, 7) is 10.2. The van der Waals surface area contributed by atoms with Crippen LogP contribution < -0.4 is 15.9 Å². The number of anilines is 1. The first-order valence-electron chi connectivity index (χ1n) is 15.9. The van der Waals surface area contributed by atoms with E-state index in [0.29, 0.717) is 5.52 Å². The van der Waals surface area contributed by atoms with Gasteiger partial charge in [-0.15, -0.1) is 0 Å². The lowest BCUT2D eigenvalue weighted by atomic mass is 9.96. The molecule has 262 valence electrons. The maximum absolute atomic E-state index is 14.3. The first-order chi connectivity index (χ1) is 22.3. The lowest BCUT2D eigenvalue weighted by Gasteiger charge is -2.30. The molecular formula is C30H48N7O9P. The van der Waals surface area contributed by atoms with Crippen molar-refractivity contribution < 1.29 is 43.1 Å². The number of carbonyl (C=O) groups excluding carboxylic acids is 2. The standard InChI is InChI=1S/C30H48N7O9P/c1-7-20(8-2)13-43-28(40)18(5)35-47(42,36-19(6)29(41)44-14-21(9-3)10-4)45-16-30(15-31)26(39)24(38)25(46-30)22-11-12-23-27(32)33-17-34-37(22)23/h11-12,17-21,24-26,38-39H,7-10,13-14,16H2,1-6H3,(H2,32,33,34)(H2,35,36,42)/t18-,19-,24-,25-,26-,30+/m0/s1. The number of aliphatic hydroxyl groups excluding tert-OH is 2. The van der Waals surface area contributed by atoms with Gasteiger partial charge < -0.3 is 34.7 Å². The SMILES string of the molecule is CCC(CC)COC(=O)[C@H](C)NP(=O)(N[C@@H](C)C(=O)OCC(CC)CC)OC[C@@]1(C#N)O[C@@H](c2ccc3c(N)ncnn23)[C@H](O)[C@@H]1O. The summed E-state index contributed by atoms with van der Waals surface area (Å²) in [5, 5.41) is 41.5. The van der Waals surface area contributed by atoms with E-state index in [1.807, 2.05) is 33.8 Å². The molecule has 0 radical (unpaired) electrons. The molecule has 47 heavy (non-hydrogen) atoms. The summed E-state index contributed by atoms with van der Waals surface area (Å²) in [4.78, 5) is 29.6. The lowest BCUT2D eigenvalue weighted by Crippen LogP contribution is -2.48. The average Bonchev–Trinajstić information content (AvgIpc) is 3.60. The second kappa shape index (κ2) is 16.8. The Morgan fingerprint density at radius 2 is 1.60 bits per heavy atom. The van der Waals surface area contributed by atoms with Crippen molar-refractivity contribution in [3.8, 4) is 6.07 Å². The molecule has 17 heteroatoms. The molecule has 0 spiro atoms. The minimum atomic E-state index is -4.41. The molecule has 1 aliphatic heterocycles. The predicted molar refractivity (Wildman–Crippen MR) is 170 cm³/mol. The van der Waals surface area contributed by atoms with Gasteiger partial charge in [0.2, 0.25) is 5.60 Å². The summed E-state index contributed by atoms with van der Waals surface area (Å²) in [5.74, 6) is -0.972. The van der Waals surface area contributed by atoms with Crippen LogP contribution in [0.3, 0.4) is 0 Å². The number of hydrogen-bond donors (Lipinski definition) is 5. The Labute approximate surface area is 274 Å². The van der Waals surface area contributed by atoms with Crippen LogP contribution in [0.15, 0.2) is 18.5 Å². The molecule has 6 atom stereocenters. The Bertz CT molecular complexity index is 1400. The number of nitrogens with zero attached hydrogens (tertiary/aromatic N) is 4. The van der Waals surface area contributed by atoms with Gasteiger partial charge in [0, 0.05) is 0 Å². The summed E-state index contributed by atoms with van der Waals surface area (Å²) in [6.07, 6.45) is -0.335. The zero-order valence-corrected chi connectivity index (χ0v) is 28.7. The fourth-order valence-electron chi connectivity index (χ4n) is 5.09. The number of fused-ring (bicyclic) bond motifs is 1. The van der Waals surface area contributed by atoms with E-state index < -0.39 is 62.2 Å². The molecule has 0 amide bonds. The highest BCUT2D eigenvalue weighted by atomic mass is 31.2. The Hall–Kier alpha value is -3.16. The van der Waals surface area contributed by atoms with Crippen LogP contribution >= 0.6 is 7.67 Å². The molecule has 0 saturated carbocycles. The van der Waals surface area contributed by atoms with Crippen LogP contribution in [0.25, 0.3) is 5.52 Å². The van der Waals surface area contributed by atoms with Crippen molar-refractivity contribution in [2.24, 2.45) is 11.8 Å². The van der Waals surface area contributed by atoms with Crippen LogP contribution in [0.5, 0.6) is 0 Å². The summed E-state index contributed by atoms with van der Waals surface area (Å²) < 4.78 is 38.1. The summed E-state index contributed by atoms with van der Waals surface area (Å²) >= 11 is 0. The Kier molecular flexibility index (Phi) is 13.7. The van der Waals surface area contributed by atoms with Crippen LogP contribution in [0.2, 0.25) is 0 Å². The molecule has 2 aromatic rings. The zero-order chi connectivity index (χ0) is 34.9. The van der Waals surface area contributed by atoms with Crippen molar-refractivity contribution >= 4 is 30.9 Å². The number of rotatable bonds is 18. The molecule has 0 unspecified atom stereocenters. The molecule has 0 aromatic carbocycles. The fraction of sp³-hybridized carbons (Fsp3) is 0.700. The van der Waals surface area contributed by atoms with E-state index in [0.717, 1.165) is 25.7 Å². The van der Waals surface area contributed by atoms with E-state index in [1.165, 1.54) is 24.7 Å². The molecular weight excluding hydrogens is 633 g/mol. The highest BCUT2D eigenvalue weighted by Gasteiger charge is 2.57. The van der Waals surface area contributed by atoms with Gasteiger partial charge in [-0.1, -0.05) is 53.4 Å². The predicted octanol–water partition coefficient (Wildman–Crippen LogP) is 2.41. The maximum Gasteiger partial charge on any atom is 0.342 e. The largest absolute Gasteiger partial charge is 0.464 e. The first-order valence-corrected chi connectivity index (χ1v) is 17.6. The second-order valence-corrected chi connectivity index (χ2v) is 13.7. The minimum absolute atomic E-state index is 0.147. The van der Waals surface area contributed by atoms with Crippen molar-refractivity contribution in [1.82, 2.24) is 24.8 Å². The van der Waals surface area contributed by atoms with Gasteiger partial charge in [0.25, 0.3) is 0 Å². The highest BCUT2D eigenvalue weighted by molar-refractivity contribution is 7.54. The normalized spacial score (nSPS) is 22.8. The van der Waals surface area contributed by atoms with E-state index in [-0.39, 0.29) is 36.6 Å².